The number of benzene rings is 2. The number of aromatic nitrogens is 2. The fourth-order valence-corrected chi connectivity index (χ4v) is 7.06. The molecule has 0 spiro atoms. The minimum Gasteiger partial charge on any atom is -1.00 e. The largest absolute Gasteiger partial charge is 1.00 e. The third kappa shape index (κ3) is 9.43. The van der Waals surface area contributed by atoms with Crippen LogP contribution in [0.1, 0.15) is 79.9 Å². The number of rotatable bonds is 16. The Bertz CT molecular complexity index is 1630. The molecule has 0 saturated heterocycles. The van der Waals surface area contributed by atoms with Gasteiger partial charge in [0.2, 0.25) is 5.91 Å². The number of esters is 1. The van der Waals surface area contributed by atoms with E-state index in [0.717, 1.165) is 30.3 Å². The number of imidazole rings is 1. The van der Waals surface area contributed by atoms with Gasteiger partial charge >= 0.3 is 5.97 Å². The second-order valence-corrected chi connectivity index (χ2v) is 15.7. The molecule has 1 aliphatic heterocycles. The number of imide groups is 1. The van der Waals surface area contributed by atoms with Crippen molar-refractivity contribution in [2.75, 3.05) is 32.8 Å². The molecule has 0 fully saturated rings. The molecule has 1 atom stereocenters. The minimum atomic E-state index is -2.48. The average Bonchev–Trinajstić information content (AvgIpc) is 3.41. The Hall–Kier alpha value is -3.25. The van der Waals surface area contributed by atoms with E-state index in [1.807, 2.05) is 34.3 Å². The number of fused-ring (bicyclic) bond motifs is 2. The Kier molecular flexibility index (Phi) is 13.6. The SMILES string of the molecule is CCCCCC(=O)N(CCOc1ccc2c(c1)n(C[C@H](C)OC(C)=O)c(CN1C(=O)c3ccccc3C1=O)[n+]2CC)CP(C)(C)=O.[I-]. The molecule has 0 saturated carbocycles. The first-order valence-electron chi connectivity index (χ1n) is 16.0. The van der Waals surface area contributed by atoms with Gasteiger partial charge in [-0.2, -0.15) is 0 Å². The van der Waals surface area contributed by atoms with Crippen molar-refractivity contribution in [2.45, 2.75) is 79.1 Å². The molecular weight excluding hydrogens is 734 g/mol. The lowest BCUT2D eigenvalue weighted by molar-refractivity contribution is -0.677. The topological polar surface area (TPSA) is 119 Å². The maximum absolute atomic E-state index is 13.3. The van der Waals surface area contributed by atoms with Gasteiger partial charge in [-0.15, -0.1) is 0 Å². The summed E-state index contributed by atoms with van der Waals surface area (Å²) in [6, 6.07) is 12.4. The van der Waals surface area contributed by atoms with Crippen LogP contribution < -0.4 is 33.3 Å². The summed E-state index contributed by atoms with van der Waals surface area (Å²) in [7, 11) is -2.48. The van der Waals surface area contributed by atoms with Gasteiger partial charge in [0, 0.05) is 19.4 Å². The molecule has 0 aliphatic carbocycles. The molecular formula is C34H46IN4O7P. The second-order valence-electron chi connectivity index (χ2n) is 12.3. The predicted molar refractivity (Wildman–Crippen MR) is 175 cm³/mol. The van der Waals surface area contributed by atoms with E-state index >= 15 is 0 Å². The molecule has 47 heavy (non-hydrogen) atoms. The highest BCUT2D eigenvalue weighted by Crippen LogP contribution is 2.36. The van der Waals surface area contributed by atoms with Crippen LogP contribution in [0.25, 0.3) is 11.0 Å². The van der Waals surface area contributed by atoms with Gasteiger partial charge in [-0.05, 0) is 57.9 Å². The number of nitrogens with zero attached hydrogens (tertiary/aromatic N) is 4. The van der Waals surface area contributed by atoms with E-state index in [2.05, 4.69) is 6.92 Å². The third-order valence-electron chi connectivity index (χ3n) is 7.94. The van der Waals surface area contributed by atoms with Gasteiger partial charge in [0.15, 0.2) is 11.0 Å². The van der Waals surface area contributed by atoms with Gasteiger partial charge in [0.05, 0.1) is 30.5 Å². The number of carbonyl (C=O) groups is 4. The lowest BCUT2D eigenvalue weighted by Crippen LogP contribution is -3.00. The van der Waals surface area contributed by atoms with E-state index in [1.165, 1.54) is 11.8 Å². The van der Waals surface area contributed by atoms with Crippen molar-refractivity contribution in [3.8, 4) is 5.75 Å². The first kappa shape index (κ1) is 38.2. The molecule has 11 nitrogen and oxygen atoms in total. The van der Waals surface area contributed by atoms with Crippen molar-refractivity contribution in [2.24, 2.45) is 0 Å². The zero-order chi connectivity index (χ0) is 33.6. The van der Waals surface area contributed by atoms with Crippen molar-refractivity contribution in [1.29, 1.82) is 0 Å². The molecule has 0 unspecified atom stereocenters. The molecule has 256 valence electrons. The predicted octanol–water partition coefficient (Wildman–Crippen LogP) is 2.07. The van der Waals surface area contributed by atoms with Crippen LogP contribution in [0.3, 0.4) is 0 Å². The van der Waals surface area contributed by atoms with E-state index < -0.39 is 19.2 Å². The van der Waals surface area contributed by atoms with Gasteiger partial charge in [-0.25, -0.2) is 9.13 Å². The van der Waals surface area contributed by atoms with Crippen LogP contribution in [0, 0.1) is 0 Å². The number of hydrogen-bond acceptors (Lipinski definition) is 7. The van der Waals surface area contributed by atoms with E-state index in [4.69, 9.17) is 9.47 Å². The van der Waals surface area contributed by atoms with Gasteiger partial charge in [0.25, 0.3) is 17.6 Å². The maximum Gasteiger partial charge on any atom is 0.303 e. The first-order chi connectivity index (χ1) is 21.8. The number of amides is 3. The Morgan fingerprint density at radius 2 is 1.68 bits per heavy atom. The summed E-state index contributed by atoms with van der Waals surface area (Å²) in [5, 5.41) is 0. The summed E-state index contributed by atoms with van der Waals surface area (Å²) in [5.41, 5.74) is 2.40. The third-order valence-corrected chi connectivity index (χ3v) is 8.96. The summed E-state index contributed by atoms with van der Waals surface area (Å²) >= 11 is 0. The quantitative estimate of drug-likeness (QED) is 0.0546. The molecule has 3 aromatic rings. The van der Waals surface area contributed by atoms with Crippen LogP contribution in [0.15, 0.2) is 42.5 Å². The van der Waals surface area contributed by atoms with Crippen molar-refractivity contribution in [3.63, 3.8) is 0 Å². The summed E-state index contributed by atoms with van der Waals surface area (Å²) in [4.78, 5) is 54.2. The average molecular weight is 781 g/mol. The Morgan fingerprint density at radius 1 is 1.02 bits per heavy atom. The van der Waals surface area contributed by atoms with Crippen LogP contribution in [-0.4, -0.2) is 76.9 Å². The second kappa shape index (κ2) is 16.7. The molecule has 4 rings (SSSR count). The molecule has 0 radical (unpaired) electrons. The minimum absolute atomic E-state index is 0. The number of unbranched alkanes of at least 4 members (excludes halogenated alkanes) is 2. The zero-order valence-electron chi connectivity index (χ0n) is 28.2. The van der Waals surface area contributed by atoms with Crippen LogP contribution in [0.2, 0.25) is 0 Å². The first-order valence-corrected chi connectivity index (χ1v) is 18.7. The monoisotopic (exact) mass is 780 g/mol. The summed E-state index contributed by atoms with van der Waals surface area (Å²) in [5.74, 6) is 0.136. The zero-order valence-corrected chi connectivity index (χ0v) is 31.2. The maximum atomic E-state index is 13.3. The van der Waals surface area contributed by atoms with Crippen molar-refractivity contribution >= 4 is 41.9 Å². The fraction of sp³-hybridized carbons (Fsp3) is 0.500. The summed E-state index contributed by atoms with van der Waals surface area (Å²) in [6.45, 7) is 12.0. The van der Waals surface area contributed by atoms with Gasteiger partial charge in [-0.1, -0.05) is 31.9 Å². The number of hydrogen-bond donors (Lipinski definition) is 0. The molecule has 13 heteroatoms. The molecule has 0 bridgehead atoms. The highest BCUT2D eigenvalue weighted by atomic mass is 127. The highest BCUT2D eigenvalue weighted by molar-refractivity contribution is 7.62. The number of aryl methyl sites for hydroxylation is 1. The lowest BCUT2D eigenvalue weighted by atomic mass is 10.1. The van der Waals surface area contributed by atoms with Gasteiger partial charge in [0.1, 0.15) is 38.7 Å². The Labute approximate surface area is 294 Å². The fourth-order valence-electron chi connectivity index (χ4n) is 5.93. The van der Waals surface area contributed by atoms with Crippen LogP contribution in [0.4, 0.5) is 0 Å². The number of ether oxygens (including phenoxy) is 2. The van der Waals surface area contributed by atoms with Crippen molar-refractivity contribution in [3.05, 3.63) is 59.4 Å². The number of carbonyl (C=O) groups excluding carboxylic acids is 4. The molecule has 1 aromatic heterocycles. The molecule has 1 aliphatic rings. The Balaban J connectivity index is 0.00000600. The molecule has 0 N–H and O–H groups in total. The highest BCUT2D eigenvalue weighted by Gasteiger charge is 2.39. The normalized spacial score (nSPS) is 13.4. The van der Waals surface area contributed by atoms with E-state index in [9.17, 15) is 23.7 Å². The smallest absolute Gasteiger partial charge is 0.303 e. The van der Waals surface area contributed by atoms with E-state index in [-0.39, 0.29) is 67.7 Å². The Morgan fingerprint density at radius 3 is 2.26 bits per heavy atom. The van der Waals surface area contributed by atoms with Crippen LogP contribution in [-0.2, 0) is 38.5 Å². The summed E-state index contributed by atoms with van der Waals surface area (Å²) < 4.78 is 28.2. The summed E-state index contributed by atoms with van der Waals surface area (Å²) in [6.07, 6.45) is 2.90. The number of halogens is 1. The molecule has 2 aromatic carbocycles. The van der Waals surface area contributed by atoms with Crippen LogP contribution >= 0.6 is 7.14 Å². The van der Waals surface area contributed by atoms with Crippen molar-refractivity contribution in [1.82, 2.24) is 14.4 Å². The van der Waals surface area contributed by atoms with E-state index in [1.54, 1.807) is 49.4 Å². The van der Waals surface area contributed by atoms with Crippen LogP contribution in [0.5, 0.6) is 5.75 Å². The van der Waals surface area contributed by atoms with E-state index in [0.29, 0.717) is 42.2 Å². The molecule has 3 amide bonds. The molecule has 2 heterocycles. The van der Waals surface area contributed by atoms with Gasteiger partial charge in [-0.3, -0.25) is 24.1 Å². The standard InChI is InChI=1S/C34H46N4O7P.HI/c1-7-9-10-15-32(40)35(23-46(5,6)43)18-19-44-26-16-17-29-30(20-26)37(21-24(3)45-25(4)39)31(36(29)8-2)22-38-33(41)27-13-11-12-14-28(27)34(38)42;/h11-14,16-17,20,24H,7-10,15,18-19,21-23H2,1-6H3;1H/q+1;/p-1/t24-;/m0./s1. The lowest BCUT2D eigenvalue weighted by Gasteiger charge is -2.25. The van der Waals surface area contributed by atoms with Crippen molar-refractivity contribution < 1.29 is 61.8 Å². The van der Waals surface area contributed by atoms with Gasteiger partial charge < -0.3 is 42.9 Å².